The highest BCUT2D eigenvalue weighted by molar-refractivity contribution is 8.01. The Balaban J connectivity index is 2.53. The molecule has 0 aliphatic heterocycles. The number of hydrogen-bond donors (Lipinski definition) is 1. The fraction of sp³-hybridized carbons (Fsp3) is 0.571. The molecule has 0 spiro atoms. The molecule has 0 aromatic carbocycles. The Bertz CT molecular complexity index is 361. The second kappa shape index (κ2) is 5.94. The molecule has 16 heavy (non-hydrogen) atoms. The van der Waals surface area contributed by atoms with Crippen LogP contribution in [0.5, 0.6) is 0 Å². The first-order valence-electron chi connectivity index (χ1n) is 4.16. The van der Waals surface area contributed by atoms with E-state index in [4.69, 9.17) is 5.11 Å². The van der Waals surface area contributed by atoms with Crippen molar-refractivity contribution in [3.63, 3.8) is 0 Å². The Hall–Kier alpha value is -0.960. The van der Waals surface area contributed by atoms with E-state index in [1.807, 2.05) is 0 Å². The topological polar surface area (TPSA) is 66.3 Å². The van der Waals surface area contributed by atoms with Crippen molar-refractivity contribution < 1.29 is 18.7 Å². The minimum absolute atomic E-state index is 0.118. The first-order chi connectivity index (χ1) is 7.49. The van der Waals surface area contributed by atoms with Crippen LogP contribution in [0.4, 0.5) is 13.9 Å². The Morgan fingerprint density at radius 3 is 2.88 bits per heavy atom. The molecule has 0 fully saturated rings. The van der Waals surface area contributed by atoms with E-state index in [0.29, 0.717) is 9.47 Å². The van der Waals surface area contributed by atoms with Crippen LogP contribution in [0, 0.1) is 0 Å². The summed E-state index contributed by atoms with van der Waals surface area (Å²) in [6.07, 6.45) is -2.44. The lowest BCUT2D eigenvalue weighted by Crippen LogP contribution is -2.23. The van der Waals surface area contributed by atoms with Crippen molar-refractivity contribution in [2.75, 3.05) is 24.2 Å². The van der Waals surface area contributed by atoms with Crippen molar-refractivity contribution in [3.05, 3.63) is 0 Å². The van der Waals surface area contributed by atoms with Crippen molar-refractivity contribution >= 4 is 34.2 Å². The zero-order valence-electron chi connectivity index (χ0n) is 8.26. The predicted molar refractivity (Wildman–Crippen MR) is 57.5 cm³/mol. The van der Waals surface area contributed by atoms with E-state index in [1.165, 1.54) is 11.9 Å². The fourth-order valence-corrected chi connectivity index (χ4v) is 2.36. The Morgan fingerprint density at radius 1 is 1.62 bits per heavy atom. The molecule has 5 nitrogen and oxygen atoms in total. The van der Waals surface area contributed by atoms with Crippen molar-refractivity contribution in [1.29, 1.82) is 0 Å². The summed E-state index contributed by atoms with van der Waals surface area (Å²) in [5, 5.41) is 16.2. The van der Waals surface area contributed by atoms with E-state index < -0.39 is 18.9 Å². The average molecular weight is 269 g/mol. The van der Waals surface area contributed by atoms with E-state index in [9.17, 15) is 13.6 Å². The van der Waals surface area contributed by atoms with E-state index in [-0.39, 0.29) is 5.75 Å². The molecule has 0 radical (unpaired) electrons. The van der Waals surface area contributed by atoms with Gasteiger partial charge >= 0.3 is 5.97 Å². The Kier molecular flexibility index (Phi) is 4.87. The maximum atomic E-state index is 12.1. The number of halogens is 2. The normalized spacial score (nSPS) is 10.8. The van der Waals surface area contributed by atoms with Gasteiger partial charge in [-0.05, 0) is 0 Å². The van der Waals surface area contributed by atoms with Gasteiger partial charge in [0.2, 0.25) is 5.13 Å². The van der Waals surface area contributed by atoms with Gasteiger partial charge in [0.05, 0.1) is 12.3 Å². The quantitative estimate of drug-likeness (QED) is 0.788. The van der Waals surface area contributed by atoms with E-state index >= 15 is 0 Å². The summed E-state index contributed by atoms with van der Waals surface area (Å²) in [6, 6.07) is 0. The molecule has 9 heteroatoms. The number of carboxylic acids is 1. The average Bonchev–Trinajstić information content (AvgIpc) is 2.61. The summed E-state index contributed by atoms with van der Waals surface area (Å²) in [7, 11) is 1.48. The van der Waals surface area contributed by atoms with E-state index in [2.05, 4.69) is 10.2 Å². The van der Waals surface area contributed by atoms with E-state index in [1.54, 1.807) is 0 Å². The highest BCUT2D eigenvalue weighted by atomic mass is 32.2. The molecular weight excluding hydrogens is 260 g/mol. The van der Waals surface area contributed by atoms with Gasteiger partial charge in [0.1, 0.15) is 0 Å². The highest BCUT2D eigenvalue weighted by Crippen LogP contribution is 2.27. The molecule has 1 aromatic rings. The van der Waals surface area contributed by atoms with Crippen LogP contribution in [0.3, 0.4) is 0 Å². The third-order valence-corrected chi connectivity index (χ3v) is 3.61. The zero-order chi connectivity index (χ0) is 12.1. The van der Waals surface area contributed by atoms with Gasteiger partial charge in [-0.2, -0.15) is 0 Å². The minimum Gasteiger partial charge on any atom is -0.481 e. The van der Waals surface area contributed by atoms with Crippen LogP contribution < -0.4 is 4.90 Å². The maximum Gasteiger partial charge on any atom is 0.313 e. The lowest BCUT2D eigenvalue weighted by Gasteiger charge is -2.13. The number of rotatable bonds is 6. The van der Waals surface area contributed by atoms with Gasteiger partial charge in [0.25, 0.3) is 6.43 Å². The number of aliphatic carboxylic acids is 1. The highest BCUT2D eigenvalue weighted by Gasteiger charge is 2.13. The molecule has 0 bridgehead atoms. The van der Waals surface area contributed by atoms with Crippen molar-refractivity contribution in [1.82, 2.24) is 10.2 Å². The number of nitrogens with zero attached hydrogens (tertiary/aromatic N) is 3. The first-order valence-corrected chi connectivity index (χ1v) is 5.96. The Labute approximate surface area is 98.5 Å². The van der Waals surface area contributed by atoms with Gasteiger partial charge in [-0.3, -0.25) is 4.79 Å². The summed E-state index contributed by atoms with van der Waals surface area (Å²) in [5.41, 5.74) is 0. The molecule has 0 amide bonds. The third-order valence-electron chi connectivity index (χ3n) is 1.45. The molecule has 1 heterocycles. The van der Waals surface area contributed by atoms with Gasteiger partial charge in [-0.15, -0.1) is 10.2 Å². The SMILES string of the molecule is CN(CC(F)F)c1nnc(SCC(=O)O)s1. The van der Waals surface area contributed by atoms with Gasteiger partial charge in [-0.1, -0.05) is 23.1 Å². The van der Waals surface area contributed by atoms with E-state index in [0.717, 1.165) is 23.1 Å². The molecule has 1 aromatic heterocycles. The number of thioether (sulfide) groups is 1. The number of alkyl halides is 2. The smallest absolute Gasteiger partial charge is 0.313 e. The summed E-state index contributed by atoms with van der Waals surface area (Å²) in [4.78, 5) is 11.6. The molecule has 0 atom stereocenters. The molecule has 1 N–H and O–H groups in total. The minimum atomic E-state index is -2.44. The monoisotopic (exact) mass is 269 g/mol. The van der Waals surface area contributed by atoms with Crippen LogP contribution in [-0.4, -0.2) is 47.0 Å². The largest absolute Gasteiger partial charge is 0.481 e. The lowest BCUT2D eigenvalue weighted by molar-refractivity contribution is -0.133. The standard InChI is InChI=1S/C7H9F2N3O2S2/c1-12(2-4(8)9)6-10-11-7(16-6)15-3-5(13)14/h4H,2-3H2,1H3,(H,13,14). The van der Waals surface area contributed by atoms with Crippen LogP contribution in [0.1, 0.15) is 0 Å². The second-order valence-corrected chi connectivity index (χ2v) is 4.98. The van der Waals surface area contributed by atoms with Gasteiger partial charge < -0.3 is 10.0 Å². The summed E-state index contributed by atoms with van der Waals surface area (Å²) in [5.74, 6) is -1.07. The molecular formula is C7H9F2N3O2S2. The summed E-state index contributed by atoms with van der Waals surface area (Å²) >= 11 is 2.11. The summed E-state index contributed by atoms with van der Waals surface area (Å²) in [6.45, 7) is -0.418. The van der Waals surface area contributed by atoms with Crippen LogP contribution in [0.15, 0.2) is 4.34 Å². The van der Waals surface area contributed by atoms with Gasteiger partial charge in [0.15, 0.2) is 4.34 Å². The molecule has 0 saturated carbocycles. The van der Waals surface area contributed by atoms with Gasteiger partial charge in [0, 0.05) is 7.05 Å². The third kappa shape index (κ3) is 4.27. The lowest BCUT2D eigenvalue weighted by atomic mass is 10.6. The number of anilines is 1. The van der Waals surface area contributed by atoms with Gasteiger partial charge in [-0.25, -0.2) is 8.78 Å². The zero-order valence-corrected chi connectivity index (χ0v) is 9.89. The van der Waals surface area contributed by atoms with Crippen molar-refractivity contribution in [3.8, 4) is 0 Å². The van der Waals surface area contributed by atoms with Crippen LogP contribution in [-0.2, 0) is 4.79 Å². The van der Waals surface area contributed by atoms with Crippen molar-refractivity contribution in [2.45, 2.75) is 10.8 Å². The maximum absolute atomic E-state index is 12.1. The molecule has 90 valence electrons. The fourth-order valence-electron chi connectivity index (χ4n) is 0.824. The van der Waals surface area contributed by atoms with Crippen LogP contribution >= 0.6 is 23.1 Å². The molecule has 0 aliphatic rings. The number of aromatic nitrogens is 2. The molecule has 0 aliphatic carbocycles. The molecule has 0 unspecified atom stereocenters. The van der Waals surface area contributed by atoms with Crippen LogP contribution in [0.2, 0.25) is 0 Å². The second-order valence-electron chi connectivity index (χ2n) is 2.80. The molecule has 1 rings (SSSR count). The predicted octanol–water partition coefficient (Wildman–Crippen LogP) is 1.42. The number of carbonyl (C=O) groups is 1. The molecule has 0 saturated heterocycles. The summed E-state index contributed by atoms with van der Waals surface area (Å²) < 4.78 is 24.6. The first kappa shape index (κ1) is 13.1. The number of hydrogen-bond acceptors (Lipinski definition) is 6. The van der Waals surface area contributed by atoms with Crippen LogP contribution in [0.25, 0.3) is 0 Å². The van der Waals surface area contributed by atoms with Crippen molar-refractivity contribution in [2.24, 2.45) is 0 Å². The number of carboxylic acid groups (broad SMARTS) is 1. The Morgan fingerprint density at radius 2 is 2.31 bits per heavy atom.